The molecule has 1 saturated heterocycles. The van der Waals surface area contributed by atoms with Crippen LogP contribution in [0.4, 0.5) is 0 Å². The number of halogens is 1. The summed E-state index contributed by atoms with van der Waals surface area (Å²) in [6.07, 6.45) is 3.50. The van der Waals surface area contributed by atoms with Crippen LogP contribution in [0.2, 0.25) is 5.02 Å². The van der Waals surface area contributed by atoms with E-state index in [4.69, 9.17) is 31.5 Å². The Morgan fingerprint density at radius 1 is 1.09 bits per heavy atom. The highest BCUT2D eigenvalue weighted by Crippen LogP contribution is 2.36. The van der Waals surface area contributed by atoms with Gasteiger partial charge in [0.2, 0.25) is 0 Å². The average molecular weight is 476 g/mol. The molecule has 0 saturated carbocycles. The minimum absolute atomic E-state index is 0.0377. The first-order valence-corrected chi connectivity index (χ1v) is 11.3. The molecule has 178 valence electrons. The van der Waals surface area contributed by atoms with Gasteiger partial charge in [0.15, 0.2) is 18.1 Å². The minimum atomic E-state index is -0.641. The molecule has 2 amide bonds. The molecular weight excluding hydrogens is 446 g/mol. The predicted octanol–water partition coefficient (Wildman–Crippen LogP) is 3.18. The number of nitrogens with one attached hydrogen (secondary N) is 1. The standard InChI is InChI=1S/C24H30ClN3O5/c1-31-18-8-6-16(7-9-18)20(28-10-4-3-5-11-28)14-27-24(30)17-12-19(25)23(21(13-17)32-2)33-15-22(26)29/h6-9,12-13,20H,3-5,10-11,14-15H2,1-2H3,(H2,26,29)(H,27,30). The van der Waals surface area contributed by atoms with Crippen molar-refractivity contribution in [3.63, 3.8) is 0 Å². The van der Waals surface area contributed by atoms with Gasteiger partial charge in [-0.05, 0) is 55.8 Å². The second-order valence-corrected chi connectivity index (χ2v) is 8.25. The van der Waals surface area contributed by atoms with E-state index in [-0.39, 0.29) is 35.1 Å². The van der Waals surface area contributed by atoms with Crippen molar-refractivity contribution in [2.24, 2.45) is 5.73 Å². The van der Waals surface area contributed by atoms with Crippen molar-refractivity contribution in [2.75, 3.05) is 40.5 Å². The fraction of sp³-hybridized carbons (Fsp3) is 0.417. The van der Waals surface area contributed by atoms with Gasteiger partial charge >= 0.3 is 0 Å². The summed E-state index contributed by atoms with van der Waals surface area (Å²) < 4.78 is 15.9. The molecule has 1 aliphatic heterocycles. The van der Waals surface area contributed by atoms with Crippen molar-refractivity contribution in [3.05, 3.63) is 52.5 Å². The van der Waals surface area contributed by atoms with Gasteiger partial charge in [-0.15, -0.1) is 0 Å². The number of nitrogens with two attached hydrogens (primary N) is 1. The third-order valence-electron chi connectivity index (χ3n) is 5.64. The molecule has 9 heteroatoms. The number of piperidine rings is 1. The van der Waals surface area contributed by atoms with E-state index < -0.39 is 5.91 Å². The molecule has 8 nitrogen and oxygen atoms in total. The van der Waals surface area contributed by atoms with Crippen molar-refractivity contribution in [1.82, 2.24) is 10.2 Å². The lowest BCUT2D eigenvalue weighted by Crippen LogP contribution is -2.40. The van der Waals surface area contributed by atoms with Crippen LogP contribution in [0.15, 0.2) is 36.4 Å². The van der Waals surface area contributed by atoms with Crippen LogP contribution in [0.3, 0.4) is 0 Å². The van der Waals surface area contributed by atoms with Crippen LogP contribution in [0.5, 0.6) is 17.2 Å². The van der Waals surface area contributed by atoms with Crippen LogP contribution in [0.1, 0.15) is 41.2 Å². The fourth-order valence-electron chi connectivity index (χ4n) is 3.94. The smallest absolute Gasteiger partial charge is 0.255 e. The van der Waals surface area contributed by atoms with E-state index in [2.05, 4.69) is 10.2 Å². The first-order chi connectivity index (χ1) is 15.9. The summed E-state index contributed by atoms with van der Waals surface area (Å²) in [4.78, 5) is 26.4. The number of primary amides is 1. The molecule has 3 rings (SSSR count). The maximum Gasteiger partial charge on any atom is 0.255 e. The Morgan fingerprint density at radius 2 is 1.79 bits per heavy atom. The van der Waals surface area contributed by atoms with Crippen molar-refractivity contribution < 1.29 is 23.8 Å². The van der Waals surface area contributed by atoms with Gasteiger partial charge in [-0.2, -0.15) is 0 Å². The Morgan fingerprint density at radius 3 is 2.39 bits per heavy atom. The van der Waals surface area contributed by atoms with E-state index >= 15 is 0 Å². The molecule has 1 heterocycles. The van der Waals surface area contributed by atoms with E-state index in [0.717, 1.165) is 37.2 Å². The largest absolute Gasteiger partial charge is 0.497 e. The number of rotatable bonds is 10. The summed E-state index contributed by atoms with van der Waals surface area (Å²) in [6, 6.07) is 11.0. The summed E-state index contributed by atoms with van der Waals surface area (Å²) >= 11 is 6.29. The highest BCUT2D eigenvalue weighted by Gasteiger charge is 2.24. The van der Waals surface area contributed by atoms with Crippen LogP contribution in [0, 0.1) is 0 Å². The third kappa shape index (κ3) is 6.52. The lowest BCUT2D eigenvalue weighted by molar-refractivity contribution is -0.119. The number of hydrogen-bond donors (Lipinski definition) is 2. The van der Waals surface area contributed by atoms with Crippen LogP contribution in [-0.2, 0) is 4.79 Å². The number of carbonyl (C=O) groups excluding carboxylic acids is 2. The number of benzene rings is 2. The quantitative estimate of drug-likeness (QED) is 0.547. The summed E-state index contributed by atoms with van der Waals surface area (Å²) in [7, 11) is 3.07. The fourth-order valence-corrected chi connectivity index (χ4v) is 4.20. The highest BCUT2D eigenvalue weighted by molar-refractivity contribution is 6.32. The second-order valence-electron chi connectivity index (χ2n) is 7.84. The molecule has 1 aliphatic rings. The zero-order chi connectivity index (χ0) is 23.8. The van der Waals surface area contributed by atoms with Crippen molar-refractivity contribution in [3.8, 4) is 17.2 Å². The summed E-state index contributed by atoms with van der Waals surface area (Å²) in [6.45, 7) is 2.06. The molecule has 1 atom stereocenters. The summed E-state index contributed by atoms with van der Waals surface area (Å²) in [5.74, 6) is 0.278. The van der Waals surface area contributed by atoms with E-state index in [1.165, 1.54) is 25.7 Å². The van der Waals surface area contributed by atoms with Crippen molar-refractivity contribution in [1.29, 1.82) is 0 Å². The lowest BCUT2D eigenvalue weighted by Gasteiger charge is -2.35. The molecule has 1 fully saturated rings. The SMILES string of the molecule is COc1ccc(C(CNC(=O)c2cc(Cl)c(OCC(N)=O)c(OC)c2)N2CCCCC2)cc1. The minimum Gasteiger partial charge on any atom is -0.497 e. The first kappa shape index (κ1) is 24.7. The van der Waals surface area contributed by atoms with Gasteiger partial charge in [-0.3, -0.25) is 14.5 Å². The van der Waals surface area contributed by atoms with Gasteiger partial charge in [0.05, 0.1) is 25.3 Å². The number of likely N-dealkylation sites (tertiary alicyclic amines) is 1. The monoisotopic (exact) mass is 475 g/mol. The number of amides is 2. The Bertz CT molecular complexity index is 961. The van der Waals surface area contributed by atoms with E-state index in [0.29, 0.717) is 12.1 Å². The molecule has 0 spiro atoms. The normalized spacial score (nSPS) is 14.9. The van der Waals surface area contributed by atoms with Crippen LogP contribution >= 0.6 is 11.6 Å². The number of ether oxygens (including phenoxy) is 3. The molecular formula is C24H30ClN3O5. The average Bonchev–Trinajstić information content (AvgIpc) is 2.83. The topological polar surface area (TPSA) is 103 Å². The molecule has 0 aromatic heterocycles. The zero-order valence-corrected chi connectivity index (χ0v) is 19.7. The number of hydrogen-bond acceptors (Lipinski definition) is 6. The van der Waals surface area contributed by atoms with Crippen LogP contribution < -0.4 is 25.3 Å². The molecule has 2 aromatic carbocycles. The number of nitrogens with zero attached hydrogens (tertiary/aromatic N) is 1. The van der Waals surface area contributed by atoms with Gasteiger partial charge in [0.25, 0.3) is 11.8 Å². The van der Waals surface area contributed by atoms with Crippen LogP contribution in [-0.4, -0.2) is 57.2 Å². The molecule has 1 unspecified atom stereocenters. The lowest BCUT2D eigenvalue weighted by atomic mass is 10.0. The number of carbonyl (C=O) groups is 2. The summed E-state index contributed by atoms with van der Waals surface area (Å²) in [5.41, 5.74) is 6.57. The molecule has 3 N–H and O–H groups in total. The Kier molecular flexibility index (Phi) is 8.79. The van der Waals surface area contributed by atoms with E-state index in [9.17, 15) is 9.59 Å². The second kappa shape index (κ2) is 11.8. The van der Waals surface area contributed by atoms with Crippen molar-refractivity contribution in [2.45, 2.75) is 25.3 Å². The third-order valence-corrected chi connectivity index (χ3v) is 5.92. The highest BCUT2D eigenvalue weighted by atomic mass is 35.5. The number of methoxy groups -OCH3 is 2. The molecule has 2 aromatic rings. The maximum atomic E-state index is 13.0. The molecule has 0 bridgehead atoms. The maximum absolute atomic E-state index is 13.0. The Labute approximate surface area is 198 Å². The van der Waals surface area contributed by atoms with Crippen molar-refractivity contribution >= 4 is 23.4 Å². The van der Waals surface area contributed by atoms with Gasteiger partial charge < -0.3 is 25.3 Å². The first-order valence-electron chi connectivity index (χ1n) is 10.9. The Balaban J connectivity index is 1.76. The van der Waals surface area contributed by atoms with Crippen LogP contribution in [0.25, 0.3) is 0 Å². The van der Waals surface area contributed by atoms with Gasteiger partial charge in [0.1, 0.15) is 5.75 Å². The van der Waals surface area contributed by atoms with Gasteiger partial charge in [-0.1, -0.05) is 30.2 Å². The predicted molar refractivity (Wildman–Crippen MR) is 126 cm³/mol. The van der Waals surface area contributed by atoms with E-state index in [1.807, 2.05) is 24.3 Å². The molecule has 0 radical (unpaired) electrons. The molecule has 0 aliphatic carbocycles. The van der Waals surface area contributed by atoms with Gasteiger partial charge in [0, 0.05) is 12.1 Å². The summed E-state index contributed by atoms with van der Waals surface area (Å²) in [5, 5.41) is 3.19. The molecule has 33 heavy (non-hydrogen) atoms. The zero-order valence-electron chi connectivity index (χ0n) is 18.9. The van der Waals surface area contributed by atoms with E-state index in [1.54, 1.807) is 7.11 Å². The van der Waals surface area contributed by atoms with Gasteiger partial charge in [-0.25, -0.2) is 0 Å². The Hall–Kier alpha value is -2.97.